The number of carbonyl (C=O) groups excluding carboxylic acids is 2. The van der Waals surface area contributed by atoms with E-state index in [1.54, 1.807) is 12.1 Å². The first-order valence-corrected chi connectivity index (χ1v) is 9.63. The van der Waals surface area contributed by atoms with E-state index >= 15 is 0 Å². The lowest BCUT2D eigenvalue weighted by atomic mass is 9.80. The van der Waals surface area contributed by atoms with Gasteiger partial charge in [-0.3, -0.25) is 4.79 Å². The molecule has 3 rings (SSSR count). The van der Waals surface area contributed by atoms with Gasteiger partial charge < -0.3 is 9.84 Å². The van der Waals surface area contributed by atoms with Crippen LogP contribution in [0, 0.1) is 19.8 Å². The molecule has 5 heteroatoms. The van der Waals surface area contributed by atoms with E-state index in [2.05, 4.69) is 13.8 Å². The topological polar surface area (TPSA) is 66.8 Å². The van der Waals surface area contributed by atoms with Crippen LogP contribution < -0.4 is 0 Å². The molecule has 0 saturated carbocycles. The van der Waals surface area contributed by atoms with Gasteiger partial charge in [0.15, 0.2) is 0 Å². The standard InChI is InChI=1S/C23H27NO4/c1-14(2)19(22-15(3)10-18(25)11-16(22)4)12-21(26)24-20(13-28-23(24)27)17-8-6-5-7-9-17/h5-11,14,19-20,25H,12-13H2,1-4H3/t19-,20+/m1/s1. The van der Waals surface area contributed by atoms with E-state index in [4.69, 9.17) is 4.74 Å². The van der Waals surface area contributed by atoms with Crippen molar-refractivity contribution in [2.24, 2.45) is 5.92 Å². The van der Waals surface area contributed by atoms with E-state index in [0.29, 0.717) is 0 Å². The molecule has 0 bridgehead atoms. The summed E-state index contributed by atoms with van der Waals surface area (Å²) in [6.07, 6.45) is -0.372. The van der Waals surface area contributed by atoms with Gasteiger partial charge in [0.1, 0.15) is 18.4 Å². The summed E-state index contributed by atoms with van der Waals surface area (Å²) < 4.78 is 5.20. The van der Waals surface area contributed by atoms with E-state index in [1.165, 1.54) is 4.90 Å². The van der Waals surface area contributed by atoms with Crippen LogP contribution in [-0.4, -0.2) is 28.6 Å². The highest BCUT2D eigenvalue weighted by atomic mass is 16.6. The Morgan fingerprint density at radius 3 is 2.36 bits per heavy atom. The molecule has 2 atom stereocenters. The molecule has 0 aromatic heterocycles. The maximum Gasteiger partial charge on any atom is 0.417 e. The second kappa shape index (κ2) is 8.05. The Morgan fingerprint density at radius 1 is 1.18 bits per heavy atom. The van der Waals surface area contributed by atoms with Gasteiger partial charge >= 0.3 is 6.09 Å². The Kier molecular flexibility index (Phi) is 5.73. The molecule has 0 spiro atoms. The number of ether oxygens (including phenoxy) is 1. The molecule has 2 amide bonds. The highest BCUT2D eigenvalue weighted by Crippen LogP contribution is 2.37. The van der Waals surface area contributed by atoms with Crippen LogP contribution in [0.5, 0.6) is 5.75 Å². The fourth-order valence-electron chi connectivity index (χ4n) is 4.11. The summed E-state index contributed by atoms with van der Waals surface area (Å²) >= 11 is 0. The number of phenolic OH excluding ortho intramolecular Hbond substituents is 1. The number of phenols is 1. The molecule has 1 aliphatic heterocycles. The summed E-state index contributed by atoms with van der Waals surface area (Å²) in [5, 5.41) is 9.85. The molecular weight excluding hydrogens is 354 g/mol. The molecule has 0 radical (unpaired) electrons. The normalized spacial score (nSPS) is 17.7. The lowest BCUT2D eigenvalue weighted by Crippen LogP contribution is -2.35. The molecule has 28 heavy (non-hydrogen) atoms. The predicted molar refractivity (Wildman–Crippen MR) is 107 cm³/mol. The molecule has 1 fully saturated rings. The summed E-state index contributed by atoms with van der Waals surface area (Å²) in [4.78, 5) is 26.8. The number of nitrogens with zero attached hydrogens (tertiary/aromatic N) is 1. The minimum Gasteiger partial charge on any atom is -0.508 e. The summed E-state index contributed by atoms with van der Waals surface area (Å²) in [7, 11) is 0. The monoisotopic (exact) mass is 381 g/mol. The zero-order valence-electron chi connectivity index (χ0n) is 16.8. The highest BCUT2D eigenvalue weighted by molar-refractivity contribution is 5.94. The third kappa shape index (κ3) is 3.88. The van der Waals surface area contributed by atoms with Crippen LogP contribution in [0.2, 0.25) is 0 Å². The number of aromatic hydroxyl groups is 1. The zero-order chi connectivity index (χ0) is 20.4. The average molecular weight is 381 g/mol. The number of hydrogen-bond donors (Lipinski definition) is 1. The number of benzene rings is 2. The second-order valence-electron chi connectivity index (χ2n) is 7.82. The van der Waals surface area contributed by atoms with E-state index < -0.39 is 12.1 Å². The molecule has 1 aliphatic rings. The van der Waals surface area contributed by atoms with Gasteiger partial charge in [-0.15, -0.1) is 0 Å². The number of cyclic esters (lactones) is 1. The third-order valence-electron chi connectivity index (χ3n) is 5.47. The van der Waals surface area contributed by atoms with E-state index in [9.17, 15) is 14.7 Å². The van der Waals surface area contributed by atoms with Crippen LogP contribution in [0.3, 0.4) is 0 Å². The van der Waals surface area contributed by atoms with Gasteiger partial charge in [0.05, 0.1) is 0 Å². The smallest absolute Gasteiger partial charge is 0.417 e. The van der Waals surface area contributed by atoms with Gasteiger partial charge in [-0.05, 0) is 60.1 Å². The summed E-state index contributed by atoms with van der Waals surface area (Å²) in [5.41, 5.74) is 3.85. The van der Waals surface area contributed by atoms with Crippen LogP contribution in [0.1, 0.15) is 54.5 Å². The molecule has 1 heterocycles. The van der Waals surface area contributed by atoms with Crippen molar-refractivity contribution in [3.8, 4) is 5.75 Å². The molecular formula is C23H27NO4. The minimum absolute atomic E-state index is 0.0575. The fourth-order valence-corrected chi connectivity index (χ4v) is 4.11. The summed E-state index contributed by atoms with van der Waals surface area (Å²) in [6.45, 7) is 8.21. The van der Waals surface area contributed by atoms with Crippen molar-refractivity contribution in [3.63, 3.8) is 0 Å². The SMILES string of the molecule is Cc1cc(O)cc(C)c1[C@H](CC(=O)N1C(=O)OC[C@H]1c1ccccc1)C(C)C. The lowest BCUT2D eigenvalue weighted by molar-refractivity contribution is -0.130. The van der Waals surface area contributed by atoms with Gasteiger partial charge in [-0.2, -0.15) is 0 Å². The molecule has 5 nitrogen and oxygen atoms in total. The summed E-state index contributed by atoms with van der Waals surface area (Å²) in [6, 6.07) is 12.5. The predicted octanol–water partition coefficient (Wildman–Crippen LogP) is 4.86. The number of rotatable bonds is 5. The highest BCUT2D eigenvalue weighted by Gasteiger charge is 2.40. The van der Waals surface area contributed by atoms with E-state index in [1.807, 2.05) is 44.2 Å². The molecule has 0 unspecified atom stereocenters. The van der Waals surface area contributed by atoms with Crippen molar-refractivity contribution >= 4 is 12.0 Å². The number of carbonyl (C=O) groups is 2. The van der Waals surface area contributed by atoms with Gasteiger partial charge in [-0.25, -0.2) is 9.69 Å². The Morgan fingerprint density at radius 2 is 1.79 bits per heavy atom. The maximum atomic E-state index is 13.2. The quantitative estimate of drug-likeness (QED) is 0.803. The Bertz CT molecular complexity index is 852. The fraction of sp³-hybridized carbons (Fsp3) is 0.391. The van der Waals surface area contributed by atoms with E-state index in [0.717, 1.165) is 22.3 Å². The first kappa shape index (κ1) is 19.9. The molecule has 1 saturated heterocycles. The van der Waals surface area contributed by atoms with Gasteiger partial charge in [0, 0.05) is 6.42 Å². The molecule has 2 aromatic carbocycles. The molecule has 148 valence electrons. The van der Waals surface area contributed by atoms with Crippen molar-refractivity contribution < 1.29 is 19.4 Å². The molecule has 1 N–H and O–H groups in total. The minimum atomic E-state index is -0.583. The van der Waals surface area contributed by atoms with Crippen LogP contribution in [0.15, 0.2) is 42.5 Å². The first-order chi connectivity index (χ1) is 13.3. The molecule has 0 aliphatic carbocycles. The zero-order valence-corrected chi connectivity index (χ0v) is 16.8. The largest absolute Gasteiger partial charge is 0.508 e. The lowest BCUT2D eigenvalue weighted by Gasteiger charge is -2.27. The third-order valence-corrected chi connectivity index (χ3v) is 5.47. The number of imide groups is 1. The van der Waals surface area contributed by atoms with Gasteiger partial charge in [0.2, 0.25) is 5.91 Å². The van der Waals surface area contributed by atoms with Crippen LogP contribution in [0.25, 0.3) is 0 Å². The van der Waals surface area contributed by atoms with Gasteiger partial charge in [-0.1, -0.05) is 44.2 Å². The van der Waals surface area contributed by atoms with E-state index in [-0.39, 0.29) is 36.5 Å². The molecule has 2 aromatic rings. The van der Waals surface area contributed by atoms with Crippen LogP contribution in [-0.2, 0) is 9.53 Å². The number of aryl methyl sites for hydroxylation is 2. The van der Waals surface area contributed by atoms with Crippen LogP contribution >= 0.6 is 0 Å². The van der Waals surface area contributed by atoms with Crippen molar-refractivity contribution in [3.05, 3.63) is 64.7 Å². The van der Waals surface area contributed by atoms with Crippen molar-refractivity contribution in [2.75, 3.05) is 6.61 Å². The average Bonchev–Trinajstić information content (AvgIpc) is 3.02. The van der Waals surface area contributed by atoms with Crippen molar-refractivity contribution in [2.45, 2.75) is 46.1 Å². The van der Waals surface area contributed by atoms with Crippen LogP contribution in [0.4, 0.5) is 4.79 Å². The second-order valence-corrected chi connectivity index (χ2v) is 7.82. The Labute approximate surface area is 165 Å². The van der Waals surface area contributed by atoms with Crippen molar-refractivity contribution in [1.29, 1.82) is 0 Å². The Balaban J connectivity index is 1.89. The van der Waals surface area contributed by atoms with Crippen molar-refractivity contribution in [1.82, 2.24) is 4.90 Å². The first-order valence-electron chi connectivity index (χ1n) is 9.63. The maximum absolute atomic E-state index is 13.2. The Hall–Kier alpha value is -2.82. The van der Waals surface area contributed by atoms with Gasteiger partial charge in [0.25, 0.3) is 0 Å². The number of hydrogen-bond acceptors (Lipinski definition) is 4. The number of amides is 2. The summed E-state index contributed by atoms with van der Waals surface area (Å²) in [5.74, 6) is 0.124.